The summed E-state index contributed by atoms with van der Waals surface area (Å²) in [7, 11) is 0. The van der Waals surface area contributed by atoms with Crippen LogP contribution < -0.4 is 0 Å². The summed E-state index contributed by atoms with van der Waals surface area (Å²) >= 11 is 0. The zero-order chi connectivity index (χ0) is 38.3. The van der Waals surface area contributed by atoms with E-state index >= 15 is 0 Å². The van der Waals surface area contributed by atoms with Gasteiger partial charge in [-0.05, 0) is 90.4 Å². The highest BCUT2D eigenvalue weighted by Crippen LogP contribution is 2.41. The van der Waals surface area contributed by atoms with Crippen LogP contribution in [-0.4, -0.2) is 29.1 Å². The van der Waals surface area contributed by atoms with Crippen molar-refractivity contribution in [3.8, 4) is 45.3 Å². The molecule has 10 aromatic rings. The molecule has 0 saturated carbocycles. The van der Waals surface area contributed by atoms with Gasteiger partial charge >= 0.3 is 0 Å². The Morgan fingerprint density at radius 2 is 1.19 bits per heavy atom. The van der Waals surface area contributed by atoms with Crippen LogP contribution in [0.2, 0.25) is 0 Å². The van der Waals surface area contributed by atoms with Crippen LogP contribution >= 0.6 is 0 Å². The third-order valence-electron chi connectivity index (χ3n) is 10.5. The van der Waals surface area contributed by atoms with Crippen molar-refractivity contribution in [2.24, 2.45) is 0 Å². The van der Waals surface area contributed by atoms with Gasteiger partial charge in [-0.2, -0.15) is 0 Å². The van der Waals surface area contributed by atoms with E-state index < -0.39 is 0 Å². The Morgan fingerprint density at radius 3 is 1.98 bits per heavy atom. The monoisotopic (exact) mass is 732 g/mol. The average Bonchev–Trinajstić information content (AvgIpc) is 3.80. The number of allylic oxidation sites excluding steroid dienone is 5. The van der Waals surface area contributed by atoms with E-state index in [0.29, 0.717) is 17.5 Å². The second-order valence-electron chi connectivity index (χ2n) is 14.0. The van der Waals surface area contributed by atoms with E-state index in [1.807, 2.05) is 67.7 Å². The predicted octanol–water partition coefficient (Wildman–Crippen LogP) is 12.6. The lowest BCUT2D eigenvalue weighted by molar-refractivity contribution is 1.03. The number of pyridine rings is 1. The first-order valence-electron chi connectivity index (χ1n) is 19.0. The van der Waals surface area contributed by atoms with E-state index in [4.69, 9.17) is 19.9 Å². The summed E-state index contributed by atoms with van der Waals surface area (Å²) in [6.45, 7) is 5.79. The lowest BCUT2D eigenvalue weighted by Crippen LogP contribution is -2.02. The van der Waals surface area contributed by atoms with Crippen molar-refractivity contribution in [2.45, 2.75) is 6.92 Å². The molecule has 57 heavy (non-hydrogen) atoms. The first kappa shape index (κ1) is 33.8. The van der Waals surface area contributed by atoms with Crippen LogP contribution in [-0.2, 0) is 0 Å². The minimum atomic E-state index is 0.608. The van der Waals surface area contributed by atoms with E-state index in [1.165, 1.54) is 27.4 Å². The Bertz CT molecular complexity index is 3190. The van der Waals surface area contributed by atoms with Gasteiger partial charge in [0.15, 0.2) is 17.5 Å². The molecule has 6 nitrogen and oxygen atoms in total. The third kappa shape index (κ3) is 5.92. The minimum absolute atomic E-state index is 0.608. The van der Waals surface area contributed by atoms with E-state index in [0.717, 1.165) is 55.6 Å². The van der Waals surface area contributed by atoms with E-state index in [2.05, 4.69) is 137 Å². The fourth-order valence-corrected chi connectivity index (χ4v) is 7.90. The molecule has 0 saturated heterocycles. The first-order valence-corrected chi connectivity index (χ1v) is 19.0. The standard InChI is InChI=1S/C51H36N6/c1-3-4-7-16-34(2)48-53-49(35-17-8-5-9-18-35)55-50(54-48)36-26-29-39(30-27-36)57-46-33-37(28-31-41(46)42-23-15-32-52-51(42)57)40-22-14-25-45-47(40)43-21-12-13-24-44(43)56(45)38-19-10-6-11-20-38/h3-33H,1H2,2H3/b7-4-,34-16+. The molecule has 0 unspecified atom stereocenters. The van der Waals surface area contributed by atoms with Crippen molar-refractivity contribution in [3.05, 3.63) is 201 Å². The quantitative estimate of drug-likeness (QED) is 0.146. The molecular formula is C51H36N6. The van der Waals surface area contributed by atoms with Crippen molar-refractivity contribution in [2.75, 3.05) is 0 Å². The van der Waals surface area contributed by atoms with Crippen molar-refractivity contribution in [1.82, 2.24) is 29.1 Å². The summed E-state index contributed by atoms with van der Waals surface area (Å²) in [4.78, 5) is 19.7. The van der Waals surface area contributed by atoms with Gasteiger partial charge in [0.25, 0.3) is 0 Å². The number of para-hydroxylation sites is 2. The smallest absolute Gasteiger partial charge is 0.164 e. The Kier molecular flexibility index (Phi) is 8.42. The van der Waals surface area contributed by atoms with Crippen molar-refractivity contribution < 1.29 is 0 Å². The molecule has 6 aromatic carbocycles. The molecule has 0 N–H and O–H groups in total. The lowest BCUT2D eigenvalue weighted by atomic mass is 9.98. The van der Waals surface area contributed by atoms with Gasteiger partial charge in [0.1, 0.15) is 5.65 Å². The summed E-state index contributed by atoms with van der Waals surface area (Å²) in [6, 6.07) is 55.4. The van der Waals surface area contributed by atoms with Crippen LogP contribution in [0.4, 0.5) is 0 Å². The molecule has 270 valence electrons. The first-order chi connectivity index (χ1) is 28.2. The molecule has 0 aliphatic heterocycles. The molecule has 0 radical (unpaired) electrons. The molecule has 0 spiro atoms. The molecule has 10 rings (SSSR count). The molecule has 4 aromatic heterocycles. The normalized spacial score (nSPS) is 12.1. The van der Waals surface area contributed by atoms with Crippen molar-refractivity contribution in [3.63, 3.8) is 0 Å². The number of rotatable bonds is 8. The van der Waals surface area contributed by atoms with Crippen LogP contribution in [0.15, 0.2) is 195 Å². The lowest BCUT2D eigenvalue weighted by Gasteiger charge is -2.11. The minimum Gasteiger partial charge on any atom is -0.309 e. The maximum absolute atomic E-state index is 4.95. The van der Waals surface area contributed by atoms with Gasteiger partial charge in [0.05, 0.1) is 16.6 Å². The summed E-state index contributed by atoms with van der Waals surface area (Å²) in [5.41, 5.74) is 11.6. The molecule has 4 heterocycles. The topological polar surface area (TPSA) is 61.4 Å². The zero-order valence-electron chi connectivity index (χ0n) is 31.3. The van der Waals surface area contributed by atoms with Crippen LogP contribution in [0.1, 0.15) is 12.7 Å². The van der Waals surface area contributed by atoms with Crippen molar-refractivity contribution in [1.29, 1.82) is 0 Å². The van der Waals surface area contributed by atoms with E-state index in [1.54, 1.807) is 6.08 Å². The Balaban J connectivity index is 1.12. The van der Waals surface area contributed by atoms with E-state index in [9.17, 15) is 0 Å². The number of fused-ring (bicyclic) bond motifs is 6. The molecule has 0 bridgehead atoms. The highest BCUT2D eigenvalue weighted by molar-refractivity contribution is 6.17. The largest absolute Gasteiger partial charge is 0.309 e. The molecule has 0 aliphatic carbocycles. The molecular weight excluding hydrogens is 697 g/mol. The van der Waals surface area contributed by atoms with Crippen molar-refractivity contribution >= 4 is 49.3 Å². The van der Waals surface area contributed by atoms with Gasteiger partial charge in [-0.15, -0.1) is 0 Å². The maximum Gasteiger partial charge on any atom is 0.164 e. The van der Waals surface area contributed by atoms with Gasteiger partial charge in [-0.1, -0.05) is 122 Å². The summed E-state index contributed by atoms with van der Waals surface area (Å²) in [6.07, 6.45) is 9.43. The highest BCUT2D eigenvalue weighted by Gasteiger charge is 2.19. The molecule has 0 atom stereocenters. The molecule has 0 aliphatic rings. The maximum atomic E-state index is 4.95. The van der Waals surface area contributed by atoms with Gasteiger partial charge < -0.3 is 4.57 Å². The second kappa shape index (κ2) is 14.2. The van der Waals surface area contributed by atoms with Gasteiger partial charge in [0, 0.05) is 50.2 Å². The fraction of sp³-hybridized carbons (Fsp3) is 0.0196. The molecule has 0 amide bonds. The second-order valence-corrected chi connectivity index (χ2v) is 14.0. The average molecular weight is 733 g/mol. The summed E-state index contributed by atoms with van der Waals surface area (Å²) < 4.78 is 4.63. The van der Waals surface area contributed by atoms with Gasteiger partial charge in [-0.3, -0.25) is 4.57 Å². The Hall–Kier alpha value is -7.70. The van der Waals surface area contributed by atoms with Crippen LogP contribution in [0.25, 0.3) is 94.6 Å². The van der Waals surface area contributed by atoms with Gasteiger partial charge in [0.2, 0.25) is 0 Å². The van der Waals surface area contributed by atoms with Gasteiger partial charge in [-0.25, -0.2) is 19.9 Å². The zero-order valence-corrected chi connectivity index (χ0v) is 31.3. The number of hydrogen-bond acceptors (Lipinski definition) is 4. The predicted molar refractivity (Wildman–Crippen MR) is 236 cm³/mol. The number of benzene rings is 6. The SMILES string of the molecule is C=C/C=C\C=C(/C)c1nc(-c2ccccc2)nc(-c2ccc(-n3c4cc(-c5cccc6c5c5ccccc5n6-c5ccccc5)ccc4c4cccnc43)cc2)n1. The number of nitrogens with zero attached hydrogens (tertiary/aromatic N) is 6. The Morgan fingerprint density at radius 1 is 0.526 bits per heavy atom. The van der Waals surface area contributed by atoms with Crippen LogP contribution in [0, 0.1) is 0 Å². The highest BCUT2D eigenvalue weighted by atomic mass is 15.1. The van der Waals surface area contributed by atoms with Crippen LogP contribution in [0.3, 0.4) is 0 Å². The number of hydrogen-bond donors (Lipinski definition) is 0. The Labute approximate surface area is 330 Å². The van der Waals surface area contributed by atoms with E-state index in [-0.39, 0.29) is 0 Å². The summed E-state index contributed by atoms with van der Waals surface area (Å²) in [5.74, 6) is 1.86. The number of aromatic nitrogens is 6. The molecule has 0 fully saturated rings. The molecule has 6 heteroatoms. The van der Waals surface area contributed by atoms with Crippen LogP contribution in [0.5, 0.6) is 0 Å². The third-order valence-corrected chi connectivity index (χ3v) is 10.5. The fourth-order valence-electron chi connectivity index (χ4n) is 7.90. The summed E-state index contributed by atoms with van der Waals surface area (Å²) in [5, 5.41) is 4.70.